The number of methoxy groups -OCH3 is 1. The minimum Gasteiger partial charge on any atom is -0.493 e. The summed E-state index contributed by atoms with van der Waals surface area (Å²) in [6.45, 7) is 0.354. The fraction of sp³-hybridized carbons (Fsp3) is 0.0714. The molecular formula is C28H21ClN2O4. The highest BCUT2D eigenvalue weighted by molar-refractivity contribution is 6.32. The van der Waals surface area contributed by atoms with Crippen molar-refractivity contribution in [3.05, 3.63) is 107 Å². The van der Waals surface area contributed by atoms with E-state index in [2.05, 4.69) is 10.5 Å². The zero-order valence-corrected chi connectivity index (χ0v) is 19.6. The molecular weight excluding hydrogens is 464 g/mol. The number of carbonyl (C=O) groups is 1. The second kappa shape index (κ2) is 9.91. The predicted molar refractivity (Wildman–Crippen MR) is 138 cm³/mol. The van der Waals surface area contributed by atoms with Crippen molar-refractivity contribution in [1.82, 2.24) is 5.43 Å². The third kappa shape index (κ3) is 4.83. The monoisotopic (exact) mass is 484 g/mol. The second-order valence-electron chi connectivity index (χ2n) is 7.82. The Bertz CT molecular complexity index is 1540. The number of hydrazone groups is 1. The van der Waals surface area contributed by atoms with Crippen LogP contribution in [0.1, 0.15) is 21.7 Å². The Morgan fingerprint density at radius 1 is 1.00 bits per heavy atom. The van der Waals surface area contributed by atoms with Gasteiger partial charge in [0.15, 0.2) is 17.3 Å². The van der Waals surface area contributed by atoms with Gasteiger partial charge in [0, 0.05) is 5.39 Å². The molecule has 1 N–H and O–H groups in total. The van der Waals surface area contributed by atoms with Gasteiger partial charge in [-0.1, -0.05) is 72.3 Å². The standard InChI is InChI=1S/C28H21ClN2O4/c1-33-25-14-19(13-23(29)27(25)34-17-18-7-3-2-4-8-18)16-30-31-28(32)26-15-22-21-10-6-5-9-20(21)11-12-24(22)35-26/h2-16H,17H2,1H3,(H,31,32)/b30-16-. The zero-order valence-electron chi connectivity index (χ0n) is 18.8. The molecule has 1 heterocycles. The molecule has 1 amide bonds. The smallest absolute Gasteiger partial charge is 0.307 e. The van der Waals surface area contributed by atoms with E-state index in [1.165, 1.54) is 13.3 Å². The molecule has 0 atom stereocenters. The van der Waals surface area contributed by atoms with Gasteiger partial charge in [0.05, 0.1) is 18.3 Å². The topological polar surface area (TPSA) is 73.1 Å². The third-order valence-electron chi connectivity index (χ3n) is 5.51. The summed E-state index contributed by atoms with van der Waals surface area (Å²) in [6, 6.07) is 26.7. The summed E-state index contributed by atoms with van der Waals surface area (Å²) in [6.07, 6.45) is 1.48. The van der Waals surface area contributed by atoms with Crippen molar-refractivity contribution in [2.45, 2.75) is 6.61 Å². The lowest BCUT2D eigenvalue weighted by Gasteiger charge is -2.13. The van der Waals surface area contributed by atoms with Gasteiger partial charge < -0.3 is 13.9 Å². The van der Waals surface area contributed by atoms with Crippen molar-refractivity contribution in [2.75, 3.05) is 7.11 Å². The maximum Gasteiger partial charge on any atom is 0.307 e. The number of furan rings is 1. The highest BCUT2D eigenvalue weighted by Gasteiger charge is 2.14. The SMILES string of the molecule is COc1cc(/C=N\NC(=O)c2cc3c(ccc4ccccc43)o2)cc(Cl)c1OCc1ccccc1. The van der Waals surface area contributed by atoms with Crippen LogP contribution >= 0.6 is 11.6 Å². The number of benzene rings is 4. The molecule has 0 radical (unpaired) electrons. The van der Waals surface area contributed by atoms with Crippen LogP contribution in [-0.4, -0.2) is 19.2 Å². The second-order valence-corrected chi connectivity index (χ2v) is 8.22. The van der Waals surface area contributed by atoms with Gasteiger partial charge in [-0.25, -0.2) is 5.43 Å². The van der Waals surface area contributed by atoms with E-state index in [0.29, 0.717) is 34.3 Å². The number of rotatable bonds is 7. The Kier molecular flexibility index (Phi) is 6.37. The van der Waals surface area contributed by atoms with Crippen molar-refractivity contribution in [2.24, 2.45) is 5.10 Å². The Balaban J connectivity index is 1.30. The summed E-state index contributed by atoms with van der Waals surface area (Å²) >= 11 is 6.44. The zero-order chi connectivity index (χ0) is 24.2. The molecule has 1 aromatic heterocycles. The maximum atomic E-state index is 12.6. The summed E-state index contributed by atoms with van der Waals surface area (Å²) in [5.41, 5.74) is 4.78. The highest BCUT2D eigenvalue weighted by atomic mass is 35.5. The molecule has 7 heteroatoms. The van der Waals surface area contributed by atoms with Crippen molar-refractivity contribution < 1.29 is 18.7 Å². The minimum atomic E-state index is -0.456. The Morgan fingerprint density at radius 3 is 2.63 bits per heavy atom. The number of carbonyl (C=O) groups excluding carboxylic acids is 1. The van der Waals surface area contributed by atoms with E-state index in [1.807, 2.05) is 66.7 Å². The minimum absolute atomic E-state index is 0.175. The molecule has 0 aliphatic rings. The van der Waals surface area contributed by atoms with E-state index in [1.54, 1.807) is 18.2 Å². The molecule has 0 bridgehead atoms. The van der Waals surface area contributed by atoms with Crippen LogP contribution in [0.5, 0.6) is 11.5 Å². The molecule has 0 fully saturated rings. The summed E-state index contributed by atoms with van der Waals surface area (Å²) < 4.78 is 17.1. The lowest BCUT2D eigenvalue weighted by atomic mass is 10.1. The third-order valence-corrected chi connectivity index (χ3v) is 5.79. The van der Waals surface area contributed by atoms with E-state index in [0.717, 1.165) is 21.7 Å². The number of amides is 1. The fourth-order valence-electron chi connectivity index (χ4n) is 3.81. The first-order chi connectivity index (χ1) is 17.1. The number of ether oxygens (including phenoxy) is 2. The van der Waals surface area contributed by atoms with Crippen LogP contribution in [0.4, 0.5) is 0 Å². The summed E-state index contributed by atoms with van der Waals surface area (Å²) in [5, 5.41) is 7.40. The van der Waals surface area contributed by atoms with Crippen molar-refractivity contribution >= 4 is 45.5 Å². The normalized spacial score (nSPS) is 11.3. The van der Waals surface area contributed by atoms with E-state index < -0.39 is 5.91 Å². The Hall–Kier alpha value is -4.29. The predicted octanol–water partition coefficient (Wildman–Crippen LogP) is 6.59. The van der Waals surface area contributed by atoms with Crippen molar-refractivity contribution in [3.8, 4) is 11.5 Å². The summed E-state index contributed by atoms with van der Waals surface area (Å²) in [4.78, 5) is 12.6. The van der Waals surface area contributed by atoms with E-state index in [9.17, 15) is 4.79 Å². The molecule has 0 aliphatic heterocycles. The molecule has 0 saturated carbocycles. The van der Waals surface area contributed by atoms with Crippen LogP contribution in [0.15, 0.2) is 94.4 Å². The van der Waals surface area contributed by atoms with Gasteiger partial charge in [0.1, 0.15) is 12.2 Å². The van der Waals surface area contributed by atoms with Crippen LogP contribution in [0.25, 0.3) is 21.7 Å². The van der Waals surface area contributed by atoms with Gasteiger partial charge in [0.25, 0.3) is 0 Å². The molecule has 0 spiro atoms. The summed E-state index contributed by atoms with van der Waals surface area (Å²) in [5.74, 6) is 0.621. The van der Waals surface area contributed by atoms with Crippen LogP contribution in [0.3, 0.4) is 0 Å². The fourth-order valence-corrected chi connectivity index (χ4v) is 4.08. The van der Waals surface area contributed by atoms with Crippen LogP contribution in [0, 0.1) is 0 Å². The number of nitrogens with zero attached hydrogens (tertiary/aromatic N) is 1. The van der Waals surface area contributed by atoms with Gasteiger partial charge in [-0.05, 0) is 46.2 Å². The van der Waals surface area contributed by atoms with Crippen LogP contribution in [0.2, 0.25) is 5.02 Å². The molecule has 0 aliphatic carbocycles. The maximum absolute atomic E-state index is 12.6. The molecule has 5 rings (SSSR count). The van der Waals surface area contributed by atoms with Gasteiger partial charge in [-0.15, -0.1) is 0 Å². The van der Waals surface area contributed by atoms with Gasteiger partial charge >= 0.3 is 5.91 Å². The van der Waals surface area contributed by atoms with Crippen molar-refractivity contribution in [3.63, 3.8) is 0 Å². The first kappa shape index (κ1) is 22.5. The molecule has 35 heavy (non-hydrogen) atoms. The van der Waals surface area contributed by atoms with E-state index in [4.69, 9.17) is 25.5 Å². The first-order valence-corrected chi connectivity index (χ1v) is 11.3. The lowest BCUT2D eigenvalue weighted by molar-refractivity contribution is 0.0929. The molecule has 174 valence electrons. The largest absolute Gasteiger partial charge is 0.493 e. The van der Waals surface area contributed by atoms with Crippen LogP contribution < -0.4 is 14.9 Å². The lowest BCUT2D eigenvalue weighted by Crippen LogP contribution is -2.16. The number of halogens is 1. The van der Waals surface area contributed by atoms with Gasteiger partial charge in [0.2, 0.25) is 0 Å². The number of nitrogens with one attached hydrogen (secondary N) is 1. The van der Waals surface area contributed by atoms with E-state index >= 15 is 0 Å². The highest BCUT2D eigenvalue weighted by Crippen LogP contribution is 2.36. The number of hydrogen-bond acceptors (Lipinski definition) is 5. The van der Waals surface area contributed by atoms with Crippen LogP contribution in [-0.2, 0) is 6.61 Å². The number of hydrogen-bond donors (Lipinski definition) is 1. The molecule has 6 nitrogen and oxygen atoms in total. The Morgan fingerprint density at radius 2 is 1.80 bits per heavy atom. The molecule has 5 aromatic rings. The van der Waals surface area contributed by atoms with Crippen molar-refractivity contribution in [1.29, 1.82) is 0 Å². The Labute approximate surface area is 206 Å². The van der Waals surface area contributed by atoms with Gasteiger partial charge in [-0.2, -0.15) is 5.10 Å². The molecule has 0 saturated heterocycles. The first-order valence-electron chi connectivity index (χ1n) is 10.9. The quantitative estimate of drug-likeness (QED) is 0.209. The average Bonchev–Trinajstić information content (AvgIpc) is 3.33. The number of fused-ring (bicyclic) bond motifs is 3. The molecule has 0 unspecified atom stereocenters. The van der Waals surface area contributed by atoms with Gasteiger partial charge in [-0.3, -0.25) is 4.79 Å². The van der Waals surface area contributed by atoms with E-state index in [-0.39, 0.29) is 5.76 Å². The molecule has 4 aromatic carbocycles. The summed E-state index contributed by atoms with van der Waals surface area (Å²) in [7, 11) is 1.54. The average molecular weight is 485 g/mol.